The Hall–Kier alpha value is -0.600. The van der Waals surface area contributed by atoms with Crippen molar-refractivity contribution >= 4 is 33.2 Å². The Bertz CT molecular complexity index is 512. The first-order chi connectivity index (χ1) is 9.80. The first-order valence-corrected chi connectivity index (χ1v) is 8.22. The number of hydrogen-bond donors (Lipinski definition) is 1. The summed E-state index contributed by atoms with van der Waals surface area (Å²) >= 11 is 4.74. The number of hydrogen-bond acceptors (Lipinski definition) is 3. The lowest BCUT2D eigenvalue weighted by molar-refractivity contribution is -0.222. The molecule has 0 aromatic carbocycles. The monoisotopic (exact) mass is 384 g/mol. The molecule has 2 rings (SSSR count). The molecule has 0 bridgehead atoms. The van der Waals surface area contributed by atoms with Gasteiger partial charge in [0, 0.05) is 18.0 Å². The van der Waals surface area contributed by atoms with E-state index in [-0.39, 0.29) is 32.6 Å². The summed E-state index contributed by atoms with van der Waals surface area (Å²) in [4.78, 5) is 14.7. The number of halogens is 4. The Morgan fingerprint density at radius 1 is 1.52 bits per heavy atom. The van der Waals surface area contributed by atoms with E-state index in [1.165, 1.54) is 16.2 Å². The number of alkyl halides is 3. The van der Waals surface area contributed by atoms with Crippen molar-refractivity contribution in [2.75, 3.05) is 19.6 Å². The molecule has 0 saturated carbocycles. The van der Waals surface area contributed by atoms with Crippen LogP contribution in [0.5, 0.6) is 0 Å². The third-order valence-electron chi connectivity index (χ3n) is 3.75. The van der Waals surface area contributed by atoms with Crippen molar-refractivity contribution in [2.45, 2.75) is 26.1 Å². The zero-order valence-corrected chi connectivity index (χ0v) is 13.9. The quantitative estimate of drug-likeness (QED) is 0.862. The van der Waals surface area contributed by atoms with E-state index in [4.69, 9.17) is 0 Å². The van der Waals surface area contributed by atoms with Crippen LogP contribution >= 0.6 is 27.3 Å². The highest BCUT2D eigenvalue weighted by atomic mass is 79.9. The Balaban J connectivity index is 2.22. The molecule has 2 heterocycles. The van der Waals surface area contributed by atoms with Crippen LogP contribution in [0.3, 0.4) is 0 Å². The molecule has 1 saturated heterocycles. The average Bonchev–Trinajstić information content (AvgIpc) is 3.04. The number of thiophene rings is 1. The zero-order valence-electron chi connectivity index (χ0n) is 11.5. The van der Waals surface area contributed by atoms with Gasteiger partial charge < -0.3 is 10.2 Å². The molecule has 1 aliphatic rings. The molecule has 1 amide bonds. The molecule has 0 aliphatic carbocycles. The second-order valence-electron chi connectivity index (χ2n) is 5.03. The molecule has 1 aliphatic heterocycles. The van der Waals surface area contributed by atoms with E-state index in [0.717, 1.165) is 8.66 Å². The highest BCUT2D eigenvalue weighted by Crippen LogP contribution is 2.44. The van der Waals surface area contributed by atoms with Gasteiger partial charge >= 0.3 is 6.18 Å². The maximum atomic E-state index is 13.4. The van der Waals surface area contributed by atoms with Crippen LogP contribution in [0.4, 0.5) is 13.2 Å². The van der Waals surface area contributed by atoms with Crippen LogP contribution < -0.4 is 5.32 Å². The van der Waals surface area contributed by atoms with Crippen LogP contribution in [0, 0.1) is 5.41 Å². The average molecular weight is 385 g/mol. The second-order valence-corrected chi connectivity index (χ2v) is 7.58. The predicted octanol–water partition coefficient (Wildman–Crippen LogP) is 3.40. The maximum absolute atomic E-state index is 13.4. The third-order valence-corrected chi connectivity index (χ3v) is 5.36. The Kier molecular flexibility index (Phi) is 4.99. The lowest BCUT2D eigenvalue weighted by atomic mass is 9.84. The van der Waals surface area contributed by atoms with Crippen molar-refractivity contribution in [3.05, 3.63) is 20.8 Å². The summed E-state index contributed by atoms with van der Waals surface area (Å²) < 4.78 is 41.1. The third kappa shape index (κ3) is 3.27. The van der Waals surface area contributed by atoms with Crippen LogP contribution in [-0.2, 0) is 11.3 Å². The molecule has 8 heteroatoms. The highest BCUT2D eigenvalue weighted by Gasteiger charge is 2.62. The number of amides is 1. The van der Waals surface area contributed by atoms with Crippen LogP contribution in [0.15, 0.2) is 15.9 Å². The van der Waals surface area contributed by atoms with E-state index < -0.39 is 17.5 Å². The fourth-order valence-electron chi connectivity index (χ4n) is 2.49. The van der Waals surface area contributed by atoms with Crippen molar-refractivity contribution < 1.29 is 18.0 Å². The van der Waals surface area contributed by atoms with Gasteiger partial charge in [0.1, 0.15) is 0 Å². The van der Waals surface area contributed by atoms with Gasteiger partial charge in [0.25, 0.3) is 0 Å². The van der Waals surface area contributed by atoms with E-state index in [1.807, 2.05) is 12.1 Å². The van der Waals surface area contributed by atoms with Gasteiger partial charge in [-0.05, 0) is 48.0 Å². The van der Waals surface area contributed by atoms with Gasteiger partial charge in [0.2, 0.25) is 5.91 Å². The summed E-state index contributed by atoms with van der Waals surface area (Å²) in [6, 6.07) is 3.65. The molecular weight excluding hydrogens is 369 g/mol. The molecule has 1 unspecified atom stereocenters. The van der Waals surface area contributed by atoms with E-state index in [1.54, 1.807) is 6.92 Å². The molecule has 3 nitrogen and oxygen atoms in total. The van der Waals surface area contributed by atoms with Gasteiger partial charge in [-0.2, -0.15) is 13.2 Å². The smallest absolute Gasteiger partial charge is 0.337 e. The normalized spacial score (nSPS) is 22.5. The van der Waals surface area contributed by atoms with Gasteiger partial charge in [0.15, 0.2) is 5.41 Å². The molecule has 1 aromatic rings. The number of nitrogens with one attached hydrogen (secondary N) is 1. The molecular formula is C13H16BrF3N2OS. The van der Waals surface area contributed by atoms with Crippen LogP contribution in [0.2, 0.25) is 0 Å². The zero-order chi connectivity index (χ0) is 15.7. The Labute approximate surface area is 133 Å². The Morgan fingerprint density at radius 3 is 2.67 bits per heavy atom. The summed E-state index contributed by atoms with van der Waals surface area (Å²) in [7, 11) is 0. The topological polar surface area (TPSA) is 32.3 Å². The van der Waals surface area contributed by atoms with E-state index in [2.05, 4.69) is 21.2 Å². The number of nitrogens with zero attached hydrogens (tertiary/aromatic N) is 1. The molecule has 0 radical (unpaired) electrons. The Morgan fingerprint density at radius 2 is 2.24 bits per heavy atom. The molecule has 118 valence electrons. The van der Waals surface area contributed by atoms with Crippen molar-refractivity contribution in [1.29, 1.82) is 0 Å². The highest BCUT2D eigenvalue weighted by molar-refractivity contribution is 9.11. The number of carbonyl (C=O) groups excluding carboxylic acids is 1. The first-order valence-electron chi connectivity index (χ1n) is 6.61. The molecule has 0 spiro atoms. The van der Waals surface area contributed by atoms with Gasteiger partial charge in [-0.25, -0.2) is 0 Å². The summed E-state index contributed by atoms with van der Waals surface area (Å²) in [6.07, 6.45) is -4.73. The maximum Gasteiger partial charge on any atom is 0.404 e. The minimum atomic E-state index is -4.53. The molecule has 1 atom stereocenters. The predicted molar refractivity (Wildman–Crippen MR) is 79.1 cm³/mol. The molecule has 1 fully saturated rings. The standard InChI is InChI=1S/C13H16BrF3N2OS/c1-2-19(7-9-3-4-10(14)21-9)11(20)12(13(15,16)17)5-6-18-8-12/h3-4,18H,2,5-8H2,1H3. The van der Waals surface area contributed by atoms with Crippen molar-refractivity contribution in [2.24, 2.45) is 5.41 Å². The molecule has 1 aromatic heterocycles. The summed E-state index contributed by atoms with van der Waals surface area (Å²) in [5.41, 5.74) is -2.28. The number of carbonyl (C=O) groups is 1. The summed E-state index contributed by atoms with van der Waals surface area (Å²) in [6.45, 7) is 2.05. The van der Waals surface area contributed by atoms with Gasteiger partial charge in [-0.15, -0.1) is 11.3 Å². The largest absolute Gasteiger partial charge is 0.404 e. The fraction of sp³-hybridized carbons (Fsp3) is 0.615. The van der Waals surface area contributed by atoms with Gasteiger partial charge in [0.05, 0.1) is 10.3 Å². The van der Waals surface area contributed by atoms with Crippen molar-refractivity contribution in [3.63, 3.8) is 0 Å². The SMILES string of the molecule is CCN(Cc1ccc(Br)s1)C(=O)C1(C(F)(F)F)CCNC1. The minimum absolute atomic E-state index is 0.194. The number of rotatable bonds is 4. The lowest BCUT2D eigenvalue weighted by Crippen LogP contribution is -2.53. The van der Waals surface area contributed by atoms with Crippen molar-refractivity contribution in [1.82, 2.24) is 10.2 Å². The first kappa shape index (κ1) is 16.8. The minimum Gasteiger partial charge on any atom is -0.337 e. The van der Waals surface area contributed by atoms with Gasteiger partial charge in [-0.1, -0.05) is 0 Å². The van der Waals surface area contributed by atoms with Crippen LogP contribution in [0.25, 0.3) is 0 Å². The molecule has 1 N–H and O–H groups in total. The van der Waals surface area contributed by atoms with Crippen molar-refractivity contribution in [3.8, 4) is 0 Å². The lowest BCUT2D eigenvalue weighted by Gasteiger charge is -2.34. The fourth-order valence-corrected chi connectivity index (χ4v) is 3.99. The van der Waals surface area contributed by atoms with Gasteiger partial charge in [-0.3, -0.25) is 4.79 Å². The summed E-state index contributed by atoms with van der Waals surface area (Å²) in [5, 5.41) is 2.68. The van der Waals surface area contributed by atoms with Crippen LogP contribution in [-0.4, -0.2) is 36.6 Å². The second kappa shape index (κ2) is 6.26. The summed E-state index contributed by atoms with van der Waals surface area (Å²) in [5.74, 6) is -0.827. The van der Waals surface area contributed by atoms with Crippen LogP contribution in [0.1, 0.15) is 18.2 Å². The van der Waals surface area contributed by atoms with E-state index >= 15 is 0 Å². The van der Waals surface area contributed by atoms with E-state index in [0.29, 0.717) is 0 Å². The van der Waals surface area contributed by atoms with E-state index in [9.17, 15) is 18.0 Å². The molecule has 21 heavy (non-hydrogen) atoms.